The number of thioether (sulfide) groups is 1. The number of carbonyl (C=O) groups excluding carboxylic acids is 2. The van der Waals surface area contributed by atoms with E-state index in [9.17, 15) is 19.7 Å². The predicted molar refractivity (Wildman–Crippen MR) is 112 cm³/mol. The van der Waals surface area contributed by atoms with Crippen molar-refractivity contribution in [1.82, 2.24) is 15.1 Å². The Hall–Kier alpha value is -2.59. The smallest absolute Gasteiger partial charge is 0.311 e. The number of hydrogen-bond donors (Lipinski definition) is 1. The molecule has 0 bridgehead atoms. The van der Waals surface area contributed by atoms with Crippen LogP contribution < -0.4 is 10.1 Å². The van der Waals surface area contributed by atoms with Crippen molar-refractivity contribution >= 4 is 29.3 Å². The Bertz CT molecular complexity index is 750. The molecule has 158 valence electrons. The molecule has 9 nitrogen and oxygen atoms in total. The number of hydrogen-bond acceptors (Lipinski definition) is 7. The molecule has 1 N–H and O–H groups in total. The van der Waals surface area contributed by atoms with Crippen LogP contribution in [0.15, 0.2) is 30.9 Å². The number of rotatable bonds is 10. The van der Waals surface area contributed by atoms with Crippen molar-refractivity contribution in [3.63, 3.8) is 0 Å². The quantitative estimate of drug-likeness (QED) is 0.344. The number of amides is 2. The van der Waals surface area contributed by atoms with Gasteiger partial charge in [0.1, 0.15) is 0 Å². The number of nitrogens with one attached hydrogen (secondary N) is 1. The second kappa shape index (κ2) is 11.4. The third-order valence-corrected chi connectivity index (χ3v) is 5.46. The highest BCUT2D eigenvalue weighted by Gasteiger charge is 2.22. The van der Waals surface area contributed by atoms with Gasteiger partial charge in [-0.25, -0.2) is 0 Å². The molecular formula is C19H26N4O5S. The maximum atomic E-state index is 12.4. The van der Waals surface area contributed by atoms with Gasteiger partial charge in [0.15, 0.2) is 5.75 Å². The van der Waals surface area contributed by atoms with E-state index in [1.807, 2.05) is 4.90 Å². The molecule has 0 aliphatic carbocycles. The van der Waals surface area contributed by atoms with E-state index in [-0.39, 0.29) is 23.3 Å². The van der Waals surface area contributed by atoms with Crippen molar-refractivity contribution in [2.75, 3.05) is 52.1 Å². The summed E-state index contributed by atoms with van der Waals surface area (Å²) >= 11 is 1.42. The Morgan fingerprint density at radius 3 is 2.69 bits per heavy atom. The molecular weight excluding hydrogens is 396 g/mol. The molecule has 0 atom stereocenters. The Balaban J connectivity index is 1.74. The van der Waals surface area contributed by atoms with Gasteiger partial charge < -0.3 is 15.0 Å². The topological polar surface area (TPSA) is 105 Å². The molecule has 29 heavy (non-hydrogen) atoms. The molecule has 1 aliphatic heterocycles. The Morgan fingerprint density at radius 2 is 2.07 bits per heavy atom. The van der Waals surface area contributed by atoms with Crippen LogP contribution in [0.25, 0.3) is 0 Å². The Labute approximate surface area is 174 Å². The van der Waals surface area contributed by atoms with E-state index >= 15 is 0 Å². The zero-order valence-electron chi connectivity index (χ0n) is 16.5. The normalized spacial score (nSPS) is 14.3. The monoisotopic (exact) mass is 422 g/mol. The van der Waals surface area contributed by atoms with Crippen molar-refractivity contribution < 1.29 is 19.2 Å². The molecule has 10 heteroatoms. The highest BCUT2D eigenvalue weighted by Crippen LogP contribution is 2.29. The van der Waals surface area contributed by atoms with Gasteiger partial charge in [0.25, 0.3) is 0 Å². The van der Waals surface area contributed by atoms with E-state index in [1.165, 1.54) is 24.9 Å². The van der Waals surface area contributed by atoms with Crippen LogP contribution >= 0.6 is 11.8 Å². The van der Waals surface area contributed by atoms with E-state index in [2.05, 4.69) is 11.9 Å². The molecule has 1 aromatic carbocycles. The van der Waals surface area contributed by atoms with Crippen LogP contribution in [-0.4, -0.2) is 78.7 Å². The first-order valence-electron chi connectivity index (χ1n) is 9.21. The molecule has 1 fully saturated rings. The summed E-state index contributed by atoms with van der Waals surface area (Å²) in [6.07, 6.45) is 1.64. The molecule has 1 aromatic rings. The average molecular weight is 423 g/mol. The largest absolute Gasteiger partial charge is 0.490 e. The van der Waals surface area contributed by atoms with Gasteiger partial charge in [-0.2, -0.15) is 0 Å². The van der Waals surface area contributed by atoms with Crippen LogP contribution in [0.4, 0.5) is 5.69 Å². The summed E-state index contributed by atoms with van der Waals surface area (Å²) in [5.41, 5.74) is 0.691. The summed E-state index contributed by atoms with van der Waals surface area (Å²) in [4.78, 5) is 38.6. The minimum Gasteiger partial charge on any atom is -0.490 e. The van der Waals surface area contributed by atoms with Crippen LogP contribution in [-0.2, 0) is 15.3 Å². The van der Waals surface area contributed by atoms with E-state index in [0.717, 1.165) is 5.56 Å². The van der Waals surface area contributed by atoms with Crippen molar-refractivity contribution in [2.45, 2.75) is 5.75 Å². The maximum Gasteiger partial charge on any atom is 0.311 e. The number of carbonyl (C=O) groups is 2. The molecule has 0 radical (unpaired) electrons. The highest BCUT2D eigenvalue weighted by molar-refractivity contribution is 7.99. The van der Waals surface area contributed by atoms with Crippen LogP contribution in [0.3, 0.4) is 0 Å². The molecule has 2 rings (SSSR count). The number of ether oxygens (including phenoxy) is 1. The molecule has 0 saturated carbocycles. The lowest BCUT2D eigenvalue weighted by Gasteiger charge is -2.34. The molecule has 2 amide bonds. The first-order chi connectivity index (χ1) is 13.9. The standard InChI is InChI=1S/C19H26N4O5S/c1-3-6-20-18(24)12-21-7-9-22(10-8-21)19(25)14-29-13-15-4-5-17(28-2)16(11-15)23(26)27/h3-5,11H,1,6-10,12-14H2,2H3,(H,20,24). The fourth-order valence-corrected chi connectivity index (χ4v) is 3.79. The van der Waals surface area contributed by atoms with Gasteiger partial charge in [-0.05, 0) is 11.6 Å². The van der Waals surface area contributed by atoms with Crippen molar-refractivity contribution in [1.29, 1.82) is 0 Å². The summed E-state index contributed by atoms with van der Waals surface area (Å²) in [7, 11) is 1.39. The Morgan fingerprint density at radius 1 is 1.34 bits per heavy atom. The SMILES string of the molecule is C=CCNC(=O)CN1CCN(C(=O)CSCc2ccc(OC)c([N+](=O)[O-])c2)CC1. The minimum atomic E-state index is -0.477. The lowest BCUT2D eigenvalue weighted by atomic mass is 10.2. The number of nitro benzene ring substituents is 1. The molecule has 0 unspecified atom stereocenters. The second-order valence-electron chi connectivity index (χ2n) is 6.51. The number of nitro groups is 1. The van der Waals surface area contributed by atoms with Gasteiger partial charge in [0.05, 0.1) is 24.3 Å². The number of piperazine rings is 1. The van der Waals surface area contributed by atoms with Gasteiger partial charge in [-0.3, -0.25) is 24.6 Å². The highest BCUT2D eigenvalue weighted by atomic mass is 32.2. The van der Waals surface area contributed by atoms with Crippen molar-refractivity contribution in [3.8, 4) is 5.75 Å². The number of methoxy groups -OCH3 is 1. The van der Waals surface area contributed by atoms with Gasteiger partial charge in [-0.1, -0.05) is 12.1 Å². The van der Waals surface area contributed by atoms with E-state index in [4.69, 9.17) is 4.74 Å². The molecule has 1 heterocycles. The Kier molecular flexibility index (Phi) is 8.94. The van der Waals surface area contributed by atoms with Crippen molar-refractivity contribution in [2.24, 2.45) is 0 Å². The first kappa shape index (κ1) is 22.7. The number of nitrogens with zero attached hydrogens (tertiary/aromatic N) is 3. The van der Waals surface area contributed by atoms with E-state index < -0.39 is 4.92 Å². The first-order valence-corrected chi connectivity index (χ1v) is 10.4. The third kappa shape index (κ3) is 7.06. The maximum absolute atomic E-state index is 12.4. The molecule has 1 aliphatic rings. The predicted octanol–water partition coefficient (Wildman–Crippen LogP) is 1.28. The zero-order chi connectivity index (χ0) is 21.2. The third-order valence-electron chi connectivity index (χ3n) is 4.47. The van der Waals surface area contributed by atoms with Gasteiger partial charge in [-0.15, -0.1) is 18.3 Å². The van der Waals surface area contributed by atoms with Gasteiger partial charge in [0.2, 0.25) is 11.8 Å². The summed E-state index contributed by atoms with van der Waals surface area (Å²) < 4.78 is 4.99. The van der Waals surface area contributed by atoms with Gasteiger partial charge >= 0.3 is 5.69 Å². The van der Waals surface area contributed by atoms with Crippen LogP contribution in [0.2, 0.25) is 0 Å². The van der Waals surface area contributed by atoms with Crippen LogP contribution in [0.5, 0.6) is 5.75 Å². The fraction of sp³-hybridized carbons (Fsp3) is 0.474. The molecule has 0 spiro atoms. The lowest BCUT2D eigenvalue weighted by molar-refractivity contribution is -0.385. The average Bonchev–Trinajstić information content (AvgIpc) is 2.72. The van der Waals surface area contributed by atoms with E-state index in [1.54, 1.807) is 23.1 Å². The zero-order valence-corrected chi connectivity index (χ0v) is 17.3. The summed E-state index contributed by atoms with van der Waals surface area (Å²) in [5.74, 6) is 1.01. The van der Waals surface area contributed by atoms with Crippen molar-refractivity contribution in [3.05, 3.63) is 46.5 Å². The summed E-state index contributed by atoms with van der Waals surface area (Å²) in [6, 6.07) is 4.81. The summed E-state index contributed by atoms with van der Waals surface area (Å²) in [5, 5.41) is 13.8. The molecule has 0 aromatic heterocycles. The second-order valence-corrected chi connectivity index (χ2v) is 7.49. The van der Waals surface area contributed by atoms with Crippen LogP contribution in [0.1, 0.15) is 5.56 Å². The van der Waals surface area contributed by atoms with Gasteiger partial charge in [0, 0.05) is 44.5 Å². The summed E-state index contributed by atoms with van der Waals surface area (Å²) in [6.45, 7) is 6.81. The lowest BCUT2D eigenvalue weighted by Crippen LogP contribution is -2.51. The van der Waals surface area contributed by atoms with Crippen LogP contribution in [0, 0.1) is 10.1 Å². The fourth-order valence-electron chi connectivity index (χ4n) is 2.92. The number of benzene rings is 1. The molecule has 1 saturated heterocycles. The van der Waals surface area contributed by atoms with E-state index in [0.29, 0.717) is 50.8 Å². The minimum absolute atomic E-state index is 0.0359.